The van der Waals surface area contributed by atoms with E-state index < -0.39 is 47.7 Å². The summed E-state index contributed by atoms with van der Waals surface area (Å²) >= 11 is 10.5. The molecule has 2 aromatic carbocycles. The number of anilines is 1. The van der Waals surface area contributed by atoms with Crippen LogP contribution in [0, 0.1) is 18.8 Å². The van der Waals surface area contributed by atoms with Crippen molar-refractivity contribution in [1.82, 2.24) is 10.2 Å². The fourth-order valence-electron chi connectivity index (χ4n) is 8.14. The van der Waals surface area contributed by atoms with Crippen LogP contribution in [0.25, 0.3) is 0 Å². The molecule has 2 aromatic rings. The van der Waals surface area contributed by atoms with E-state index in [1.54, 1.807) is 34.9 Å². The van der Waals surface area contributed by atoms with Crippen molar-refractivity contribution in [2.45, 2.75) is 93.5 Å². The zero-order valence-corrected chi connectivity index (χ0v) is 32.2. The third-order valence-electron chi connectivity index (χ3n) is 10.4. The van der Waals surface area contributed by atoms with E-state index in [-0.39, 0.29) is 48.7 Å². The second-order valence-electron chi connectivity index (χ2n) is 13.9. The highest BCUT2D eigenvalue weighted by Crippen LogP contribution is 2.60. The molecule has 3 amide bonds. The Kier molecular flexibility index (Phi) is 13.4. The lowest BCUT2D eigenvalue weighted by Crippen LogP contribution is -2.57. The van der Waals surface area contributed by atoms with Gasteiger partial charge in [0.15, 0.2) is 0 Å². The number of esters is 1. The number of aryl methyl sites for hydroxylation is 1. The van der Waals surface area contributed by atoms with Crippen LogP contribution in [-0.4, -0.2) is 82.0 Å². The zero-order valence-electron chi connectivity index (χ0n) is 29.8. The molecule has 0 aliphatic carbocycles. The lowest BCUT2D eigenvalue weighted by atomic mass is 9.70. The van der Waals surface area contributed by atoms with E-state index in [1.165, 1.54) is 0 Å². The van der Waals surface area contributed by atoms with Crippen molar-refractivity contribution in [3.05, 3.63) is 90.0 Å². The van der Waals surface area contributed by atoms with E-state index in [1.807, 2.05) is 49.4 Å². The molecule has 280 valence electrons. The number of alkyl halides is 1. The predicted molar refractivity (Wildman–Crippen MR) is 204 cm³/mol. The average Bonchev–Trinajstić information content (AvgIpc) is 3.72. The van der Waals surface area contributed by atoms with Gasteiger partial charge < -0.3 is 29.7 Å². The largest absolute Gasteiger partial charge is 0.455 e. The summed E-state index contributed by atoms with van der Waals surface area (Å²) in [4.78, 5) is 59.8. The molecular formula is C40H49BrClN3O7. The molecule has 12 heteroatoms. The molecule has 10 nitrogen and oxygen atoms in total. The first-order chi connectivity index (χ1) is 25.0. The van der Waals surface area contributed by atoms with E-state index in [0.717, 1.165) is 18.4 Å². The highest BCUT2D eigenvalue weighted by Gasteiger charge is 2.77. The summed E-state index contributed by atoms with van der Waals surface area (Å²) in [6.07, 6.45) is 5.54. The molecule has 0 saturated carbocycles. The number of hydrogen-bond acceptors (Lipinski definition) is 7. The number of hydrogen-bond donors (Lipinski definition) is 2. The van der Waals surface area contributed by atoms with Gasteiger partial charge in [-0.05, 0) is 56.7 Å². The van der Waals surface area contributed by atoms with Gasteiger partial charge in [-0.25, -0.2) is 0 Å². The highest BCUT2D eigenvalue weighted by atomic mass is 79.9. The Balaban J connectivity index is 1.51. The van der Waals surface area contributed by atoms with Crippen LogP contribution in [0.1, 0.15) is 69.1 Å². The van der Waals surface area contributed by atoms with Gasteiger partial charge in [0.2, 0.25) is 11.8 Å². The summed E-state index contributed by atoms with van der Waals surface area (Å²) in [6.45, 7) is 11.7. The van der Waals surface area contributed by atoms with E-state index in [4.69, 9.17) is 21.1 Å². The number of carbonyl (C=O) groups excluding carboxylic acids is 4. The van der Waals surface area contributed by atoms with Gasteiger partial charge in [0.1, 0.15) is 17.7 Å². The number of rotatable bonds is 18. The smallest absolute Gasteiger partial charge is 0.313 e. The van der Waals surface area contributed by atoms with Crippen LogP contribution >= 0.6 is 27.5 Å². The number of carbonyl (C=O) groups is 4. The number of fused-ring (bicyclic) bond motifs is 1. The Morgan fingerprint density at radius 3 is 2.54 bits per heavy atom. The number of aliphatic hydroxyl groups excluding tert-OH is 1. The summed E-state index contributed by atoms with van der Waals surface area (Å²) in [5.74, 6) is -3.51. The first-order valence-electron chi connectivity index (χ1n) is 18.1. The minimum Gasteiger partial charge on any atom is -0.455 e. The quantitative estimate of drug-likeness (QED) is 0.0794. The number of unbranched alkanes of at least 4 members (excludes halogenated alkanes) is 3. The number of likely N-dealkylation sites (tertiary alicyclic amines) is 1. The molecule has 3 aliphatic heterocycles. The minimum absolute atomic E-state index is 0.0788. The third kappa shape index (κ3) is 7.88. The molecule has 1 spiro atoms. The first-order valence-corrected chi connectivity index (χ1v) is 19.4. The van der Waals surface area contributed by atoms with Crippen LogP contribution < -0.4 is 10.2 Å². The van der Waals surface area contributed by atoms with Gasteiger partial charge in [-0.1, -0.05) is 95.0 Å². The van der Waals surface area contributed by atoms with Crippen LogP contribution in [0.15, 0.2) is 73.8 Å². The molecule has 0 aromatic heterocycles. The number of para-hydroxylation sites is 1. The van der Waals surface area contributed by atoms with Crippen LogP contribution in [0.4, 0.5) is 5.69 Å². The molecule has 5 rings (SSSR count). The summed E-state index contributed by atoms with van der Waals surface area (Å²) in [7, 11) is 0. The molecule has 3 saturated heterocycles. The molecule has 2 bridgehead atoms. The van der Waals surface area contributed by atoms with Gasteiger partial charge in [0.05, 0.1) is 34.7 Å². The van der Waals surface area contributed by atoms with E-state index >= 15 is 4.79 Å². The van der Waals surface area contributed by atoms with Crippen molar-refractivity contribution in [2.75, 3.05) is 24.6 Å². The average molecular weight is 799 g/mol. The number of amides is 3. The lowest BCUT2D eigenvalue weighted by molar-refractivity contribution is -0.162. The third-order valence-corrected chi connectivity index (χ3v) is 11.6. The van der Waals surface area contributed by atoms with Crippen LogP contribution in [0.3, 0.4) is 0 Å². The number of nitrogens with zero attached hydrogens (tertiary/aromatic N) is 2. The fourth-order valence-corrected chi connectivity index (χ4v) is 9.41. The van der Waals surface area contributed by atoms with Gasteiger partial charge >= 0.3 is 5.97 Å². The maximum Gasteiger partial charge on any atom is 0.313 e. The Morgan fingerprint density at radius 1 is 1.13 bits per heavy atom. The maximum absolute atomic E-state index is 15.0. The topological polar surface area (TPSA) is 125 Å². The maximum atomic E-state index is 15.0. The van der Waals surface area contributed by atoms with Crippen LogP contribution in [0.2, 0.25) is 5.02 Å². The molecule has 0 radical (unpaired) electrons. The number of nitrogens with one attached hydrogen (secondary N) is 1. The monoisotopic (exact) mass is 797 g/mol. The zero-order chi connectivity index (χ0) is 37.6. The van der Waals surface area contributed by atoms with Crippen LogP contribution in [-0.2, 0) is 28.7 Å². The second kappa shape index (κ2) is 17.5. The summed E-state index contributed by atoms with van der Waals surface area (Å²) in [5.41, 5.74) is 0.680. The summed E-state index contributed by atoms with van der Waals surface area (Å²) in [5, 5.41) is 12.7. The molecule has 8 atom stereocenters. The predicted octanol–water partition coefficient (Wildman–Crippen LogP) is 6.22. The van der Waals surface area contributed by atoms with Crippen molar-refractivity contribution >= 4 is 56.9 Å². The van der Waals surface area contributed by atoms with Crippen LogP contribution in [0.5, 0.6) is 0 Å². The van der Waals surface area contributed by atoms with E-state index in [9.17, 15) is 19.5 Å². The molecule has 2 N–H and O–H groups in total. The Labute approximate surface area is 319 Å². The van der Waals surface area contributed by atoms with Crippen molar-refractivity contribution in [3.63, 3.8) is 0 Å². The van der Waals surface area contributed by atoms with E-state index in [2.05, 4.69) is 34.4 Å². The van der Waals surface area contributed by atoms with E-state index in [0.29, 0.717) is 42.0 Å². The second-order valence-corrected chi connectivity index (χ2v) is 15.5. The van der Waals surface area contributed by atoms with Crippen molar-refractivity contribution < 1.29 is 33.8 Å². The summed E-state index contributed by atoms with van der Waals surface area (Å²) < 4.78 is 13.1. The Morgan fingerprint density at radius 2 is 1.87 bits per heavy atom. The Hall–Kier alpha value is -3.51. The SMILES string of the molecule is C=CCCC(=O)N[C@@H](C)[C@H](OC(=O)[C@@H]1[C@H]2O[C@@]3(CC2Br)[C@H](C(=O)N(CC=C)c2c(C)cccc2Cl)N(CCCCCCO)C(=O)[C@@H]13)c1ccccc1. The molecule has 3 aliphatic rings. The number of benzene rings is 2. The van der Waals surface area contributed by atoms with Crippen molar-refractivity contribution in [3.8, 4) is 0 Å². The van der Waals surface area contributed by atoms with Gasteiger partial charge in [-0.15, -0.1) is 13.2 Å². The lowest BCUT2D eigenvalue weighted by Gasteiger charge is -2.37. The van der Waals surface area contributed by atoms with Gasteiger partial charge in [0, 0.05) is 30.9 Å². The highest BCUT2D eigenvalue weighted by molar-refractivity contribution is 9.09. The number of allylic oxidation sites excluding steroid dienone is 1. The van der Waals surface area contributed by atoms with Crippen molar-refractivity contribution in [2.24, 2.45) is 11.8 Å². The summed E-state index contributed by atoms with van der Waals surface area (Å²) in [6, 6.07) is 12.9. The van der Waals surface area contributed by atoms with Gasteiger partial charge in [-0.3, -0.25) is 19.2 Å². The number of aliphatic hydroxyl groups is 1. The normalized spacial score (nSPS) is 25.7. The number of halogens is 2. The standard InChI is InChI=1S/C40H49BrClN3O7/c1-5-7-20-30(47)43-26(4)34(27-17-11-10-12-18-27)51-39(50)31-32-37(48)45(22-13-8-9-14-23-46)36(40(32)24-28(41)35(31)52-40)38(49)44(21-6-2)33-25(3)16-15-19-29(33)42/h5-6,10-12,15-19,26,28,31-32,34-36,46H,1-2,7-9,13-14,20-24H2,3-4H3,(H,43,47)/t26-,28?,31-,32+,34-,35-,36-,40+/m0/s1. The van der Waals surface area contributed by atoms with Crippen molar-refractivity contribution in [1.29, 1.82) is 0 Å². The fraction of sp³-hybridized carbons (Fsp3) is 0.500. The van der Waals surface area contributed by atoms with Gasteiger partial charge in [0.25, 0.3) is 5.91 Å². The molecule has 1 unspecified atom stereocenters. The molecule has 52 heavy (non-hydrogen) atoms. The Bertz CT molecular complexity index is 1620. The minimum atomic E-state index is -1.32. The number of ether oxygens (including phenoxy) is 2. The first kappa shape index (κ1) is 39.7. The molecule has 3 heterocycles. The molecular weight excluding hydrogens is 750 g/mol. The van der Waals surface area contributed by atoms with Gasteiger partial charge in [-0.2, -0.15) is 0 Å². The molecule has 3 fully saturated rings.